The van der Waals surface area contributed by atoms with Crippen LogP contribution >= 0.6 is 11.6 Å². The zero-order chi connectivity index (χ0) is 19.5. The van der Waals surface area contributed by atoms with Crippen LogP contribution in [0.1, 0.15) is 51.5 Å². The first-order valence-corrected chi connectivity index (χ1v) is 10.6. The molecular weight excluding hydrogens is 380 g/mol. The lowest BCUT2D eigenvalue weighted by Gasteiger charge is -2.36. The Hall–Kier alpha value is -1.38. The molecule has 1 N–H and O–H groups in total. The van der Waals surface area contributed by atoms with Gasteiger partial charge >= 0.3 is 6.09 Å². The van der Waals surface area contributed by atoms with E-state index in [1.54, 1.807) is 33.0 Å². The third-order valence-electron chi connectivity index (χ3n) is 3.99. The van der Waals surface area contributed by atoms with E-state index in [1.165, 1.54) is 0 Å². The first-order chi connectivity index (χ1) is 11.9. The molecule has 0 radical (unpaired) electrons. The minimum Gasteiger partial charge on any atom is -0.444 e. The summed E-state index contributed by atoms with van der Waals surface area (Å²) in [6.07, 6.45) is 3.25. The highest BCUT2D eigenvalue weighted by molar-refractivity contribution is 7.86. The largest absolute Gasteiger partial charge is 0.444 e. The van der Waals surface area contributed by atoms with Gasteiger partial charge in [0.25, 0.3) is 10.1 Å². The Morgan fingerprint density at radius 2 is 2.00 bits per heavy atom. The van der Waals surface area contributed by atoms with E-state index in [0.29, 0.717) is 24.4 Å². The van der Waals surface area contributed by atoms with Gasteiger partial charge in [-0.05, 0) is 51.7 Å². The Bertz CT molecular complexity index is 731. The number of ether oxygens (including phenoxy) is 1. The number of hydrogen-bond donors (Lipinski definition) is 1. The van der Waals surface area contributed by atoms with Crippen molar-refractivity contribution in [2.24, 2.45) is 0 Å². The van der Waals surface area contributed by atoms with Gasteiger partial charge in [-0.25, -0.2) is 9.78 Å². The predicted octanol–water partition coefficient (Wildman–Crippen LogP) is 3.24. The van der Waals surface area contributed by atoms with E-state index in [1.807, 2.05) is 6.07 Å². The summed E-state index contributed by atoms with van der Waals surface area (Å²) in [5.74, 6) is -0.159. The SMILES string of the molecule is CC(C)(C)OC(=O)N[C@@H]1CC[C@H](OS(C)(=O)=O)C[C@@H]1c1ccc(Cl)nc1. The molecule has 1 saturated carbocycles. The van der Waals surface area contributed by atoms with Crippen molar-refractivity contribution in [3.63, 3.8) is 0 Å². The Kier molecular flexibility index (Phi) is 6.52. The average Bonchev–Trinajstić information content (AvgIpc) is 2.46. The summed E-state index contributed by atoms with van der Waals surface area (Å²) in [6.45, 7) is 5.39. The van der Waals surface area contributed by atoms with Gasteiger partial charge in [0, 0.05) is 18.2 Å². The molecule has 3 atom stereocenters. The second-order valence-electron chi connectivity index (χ2n) is 7.51. The van der Waals surface area contributed by atoms with Crippen LogP contribution < -0.4 is 5.32 Å². The fraction of sp³-hybridized carbons (Fsp3) is 0.647. The topological polar surface area (TPSA) is 94.6 Å². The van der Waals surface area contributed by atoms with Gasteiger partial charge in [0.2, 0.25) is 0 Å². The Morgan fingerprint density at radius 1 is 1.31 bits per heavy atom. The van der Waals surface area contributed by atoms with Gasteiger partial charge in [-0.15, -0.1) is 0 Å². The summed E-state index contributed by atoms with van der Waals surface area (Å²) < 4.78 is 33.4. The molecule has 2 rings (SSSR count). The number of pyridine rings is 1. The van der Waals surface area contributed by atoms with Crippen molar-refractivity contribution >= 4 is 27.8 Å². The van der Waals surface area contributed by atoms with E-state index in [9.17, 15) is 13.2 Å². The van der Waals surface area contributed by atoms with Crippen molar-refractivity contribution in [1.29, 1.82) is 0 Å². The Morgan fingerprint density at radius 3 is 2.54 bits per heavy atom. The lowest BCUT2D eigenvalue weighted by atomic mass is 9.79. The van der Waals surface area contributed by atoms with Crippen molar-refractivity contribution in [3.05, 3.63) is 29.0 Å². The van der Waals surface area contributed by atoms with E-state index < -0.39 is 27.9 Å². The molecule has 1 aliphatic carbocycles. The zero-order valence-electron chi connectivity index (χ0n) is 15.4. The first kappa shape index (κ1) is 20.9. The van der Waals surface area contributed by atoms with Crippen molar-refractivity contribution in [1.82, 2.24) is 10.3 Å². The zero-order valence-corrected chi connectivity index (χ0v) is 16.9. The van der Waals surface area contributed by atoms with Crippen LogP contribution in [0, 0.1) is 0 Å². The normalized spacial score (nSPS) is 24.1. The summed E-state index contributed by atoms with van der Waals surface area (Å²) in [4.78, 5) is 16.3. The van der Waals surface area contributed by atoms with Gasteiger partial charge in [0.05, 0.1) is 12.4 Å². The molecule has 1 aliphatic rings. The van der Waals surface area contributed by atoms with Crippen molar-refractivity contribution < 1.29 is 22.1 Å². The highest BCUT2D eigenvalue weighted by Gasteiger charge is 2.35. The molecule has 26 heavy (non-hydrogen) atoms. The average molecular weight is 405 g/mol. The number of halogens is 1. The van der Waals surface area contributed by atoms with E-state index in [0.717, 1.165) is 11.8 Å². The maximum atomic E-state index is 12.2. The number of rotatable bonds is 4. The van der Waals surface area contributed by atoms with Crippen molar-refractivity contribution in [2.45, 2.75) is 63.7 Å². The predicted molar refractivity (Wildman–Crippen MR) is 98.7 cm³/mol. The molecule has 1 aromatic heterocycles. The summed E-state index contributed by atoms with van der Waals surface area (Å²) >= 11 is 5.85. The highest BCUT2D eigenvalue weighted by Crippen LogP contribution is 2.35. The van der Waals surface area contributed by atoms with Crippen LogP contribution in [0.2, 0.25) is 5.15 Å². The maximum absolute atomic E-state index is 12.2. The van der Waals surface area contributed by atoms with Crippen LogP contribution in [0.15, 0.2) is 18.3 Å². The van der Waals surface area contributed by atoms with Gasteiger partial charge in [-0.3, -0.25) is 4.18 Å². The maximum Gasteiger partial charge on any atom is 0.407 e. The summed E-state index contributed by atoms with van der Waals surface area (Å²) in [7, 11) is -3.55. The number of hydrogen-bond acceptors (Lipinski definition) is 6. The van der Waals surface area contributed by atoms with Gasteiger partial charge in [0.1, 0.15) is 10.8 Å². The van der Waals surface area contributed by atoms with Crippen LogP contribution in [0.25, 0.3) is 0 Å². The molecule has 146 valence electrons. The molecule has 7 nitrogen and oxygen atoms in total. The summed E-state index contributed by atoms with van der Waals surface area (Å²) in [5.41, 5.74) is 0.259. The quantitative estimate of drug-likeness (QED) is 0.611. The van der Waals surface area contributed by atoms with Crippen LogP contribution in [0.3, 0.4) is 0 Å². The fourth-order valence-electron chi connectivity index (χ4n) is 3.07. The van der Waals surface area contributed by atoms with Gasteiger partial charge in [-0.2, -0.15) is 8.42 Å². The summed E-state index contributed by atoms with van der Waals surface area (Å²) in [6, 6.07) is 3.28. The van der Waals surface area contributed by atoms with Gasteiger partial charge in [0.15, 0.2) is 0 Å². The number of nitrogens with zero attached hydrogens (tertiary/aromatic N) is 1. The van der Waals surface area contributed by atoms with Gasteiger partial charge < -0.3 is 10.1 Å². The third kappa shape index (κ3) is 6.74. The van der Waals surface area contributed by atoms with E-state index in [-0.39, 0.29) is 12.0 Å². The van der Waals surface area contributed by atoms with Crippen LogP contribution in [0.5, 0.6) is 0 Å². The lowest BCUT2D eigenvalue weighted by molar-refractivity contribution is 0.0455. The molecule has 1 heterocycles. The van der Waals surface area contributed by atoms with E-state index >= 15 is 0 Å². The Balaban J connectivity index is 2.17. The summed E-state index contributed by atoms with van der Waals surface area (Å²) in [5, 5.41) is 3.26. The van der Waals surface area contributed by atoms with Crippen LogP contribution in [-0.4, -0.2) is 43.5 Å². The molecule has 0 saturated heterocycles. The minimum atomic E-state index is -3.55. The van der Waals surface area contributed by atoms with E-state index in [4.69, 9.17) is 20.5 Å². The van der Waals surface area contributed by atoms with E-state index in [2.05, 4.69) is 10.3 Å². The number of aromatic nitrogens is 1. The highest BCUT2D eigenvalue weighted by atomic mass is 35.5. The van der Waals surface area contributed by atoms with Crippen LogP contribution in [0.4, 0.5) is 4.79 Å². The molecule has 9 heteroatoms. The number of nitrogens with one attached hydrogen (secondary N) is 1. The second kappa shape index (κ2) is 8.10. The van der Waals surface area contributed by atoms with Crippen molar-refractivity contribution in [3.8, 4) is 0 Å². The lowest BCUT2D eigenvalue weighted by Crippen LogP contribution is -2.46. The molecule has 1 aromatic rings. The fourth-order valence-corrected chi connectivity index (χ4v) is 3.85. The number of amides is 1. The molecule has 0 aliphatic heterocycles. The molecule has 1 amide bonds. The number of carbonyl (C=O) groups excluding carboxylic acids is 1. The molecule has 0 unspecified atom stereocenters. The smallest absolute Gasteiger partial charge is 0.407 e. The van der Waals surface area contributed by atoms with Gasteiger partial charge in [-0.1, -0.05) is 17.7 Å². The second-order valence-corrected chi connectivity index (χ2v) is 9.50. The monoisotopic (exact) mass is 404 g/mol. The molecule has 0 aromatic carbocycles. The minimum absolute atomic E-state index is 0.159. The molecule has 1 fully saturated rings. The van der Waals surface area contributed by atoms with Crippen molar-refractivity contribution in [2.75, 3.05) is 6.26 Å². The molecular formula is C17H25ClN2O5S. The number of alkyl carbamates (subject to hydrolysis) is 1. The first-order valence-electron chi connectivity index (χ1n) is 8.42. The molecule has 0 bridgehead atoms. The molecule has 0 spiro atoms. The Labute approximate surface area is 159 Å². The standard InChI is InChI=1S/C17H25ClN2O5S/c1-17(2,3)24-16(21)20-14-7-6-12(25-26(4,22)23)9-13(14)11-5-8-15(18)19-10-11/h5,8,10,12-14H,6-7,9H2,1-4H3,(H,20,21)/t12-,13+,14+/m0/s1. The van der Waals surface area contributed by atoms with Crippen LogP contribution in [-0.2, 0) is 19.0 Å². The third-order valence-corrected chi connectivity index (χ3v) is 4.84. The number of carbonyl (C=O) groups is 1.